The molecule has 2 aromatic carbocycles. The lowest BCUT2D eigenvalue weighted by molar-refractivity contribution is 0.0696. The van der Waals surface area contributed by atoms with E-state index >= 15 is 0 Å². The average Bonchev–Trinajstić information content (AvgIpc) is 3.06. The Labute approximate surface area is 159 Å². The van der Waals surface area contributed by atoms with Gasteiger partial charge in [0.05, 0.1) is 26.0 Å². The van der Waals surface area contributed by atoms with Crippen LogP contribution < -0.4 is 9.47 Å². The van der Waals surface area contributed by atoms with Gasteiger partial charge in [-0.15, -0.1) is 0 Å². The van der Waals surface area contributed by atoms with Crippen molar-refractivity contribution in [2.24, 2.45) is 5.10 Å². The third-order valence-corrected chi connectivity index (χ3v) is 4.06. The molecule has 2 N–H and O–H groups in total. The van der Waals surface area contributed by atoms with E-state index in [4.69, 9.17) is 21.7 Å². The molecule has 0 radical (unpaired) electrons. The molecule has 0 atom stereocenters. The number of carboxylic acids is 1. The van der Waals surface area contributed by atoms with E-state index < -0.39 is 5.97 Å². The van der Waals surface area contributed by atoms with Crippen molar-refractivity contribution in [1.82, 2.24) is 14.9 Å². The number of nitrogens with zero attached hydrogens (tertiary/aromatic N) is 3. The van der Waals surface area contributed by atoms with E-state index in [1.807, 2.05) is 0 Å². The van der Waals surface area contributed by atoms with Crippen LogP contribution in [0.15, 0.2) is 47.6 Å². The topological polar surface area (TPSA) is 102 Å². The highest BCUT2D eigenvalue weighted by atomic mass is 32.1. The molecule has 0 bridgehead atoms. The molecule has 0 saturated carbocycles. The number of aromatic nitrogens is 3. The van der Waals surface area contributed by atoms with Crippen molar-refractivity contribution in [3.63, 3.8) is 0 Å². The van der Waals surface area contributed by atoms with Crippen molar-refractivity contribution >= 4 is 24.4 Å². The minimum atomic E-state index is -1.03. The normalized spacial score (nSPS) is 10.9. The van der Waals surface area contributed by atoms with Crippen LogP contribution >= 0.6 is 12.2 Å². The minimum Gasteiger partial charge on any atom is -0.493 e. The number of hydrogen-bond donors (Lipinski definition) is 2. The summed E-state index contributed by atoms with van der Waals surface area (Å²) in [6.45, 7) is 0. The van der Waals surface area contributed by atoms with Gasteiger partial charge in [-0.2, -0.15) is 14.9 Å². The van der Waals surface area contributed by atoms with Crippen molar-refractivity contribution < 1.29 is 19.4 Å². The lowest BCUT2D eigenvalue weighted by atomic mass is 10.1. The second-order valence-corrected chi connectivity index (χ2v) is 5.76. The first-order valence-corrected chi connectivity index (χ1v) is 8.22. The van der Waals surface area contributed by atoms with Crippen LogP contribution in [-0.2, 0) is 0 Å². The second-order valence-electron chi connectivity index (χ2n) is 5.37. The fourth-order valence-corrected chi connectivity index (χ4v) is 2.66. The fraction of sp³-hybridized carbons (Fsp3) is 0.111. The van der Waals surface area contributed by atoms with Crippen LogP contribution in [0.25, 0.3) is 11.4 Å². The Bertz CT molecular complexity index is 1070. The molecule has 9 heteroatoms. The Morgan fingerprint density at radius 3 is 2.67 bits per heavy atom. The fourth-order valence-electron chi connectivity index (χ4n) is 2.49. The number of ether oxygens (including phenoxy) is 2. The van der Waals surface area contributed by atoms with Crippen LogP contribution in [0.1, 0.15) is 15.9 Å². The quantitative estimate of drug-likeness (QED) is 0.500. The first kappa shape index (κ1) is 18.3. The Hall–Kier alpha value is -3.46. The Morgan fingerprint density at radius 1 is 1.22 bits per heavy atom. The third kappa shape index (κ3) is 3.72. The maximum atomic E-state index is 11.3. The van der Waals surface area contributed by atoms with E-state index in [0.29, 0.717) is 28.5 Å². The average molecular weight is 384 g/mol. The molecule has 1 heterocycles. The summed E-state index contributed by atoms with van der Waals surface area (Å²) >= 11 is 5.24. The second kappa shape index (κ2) is 7.83. The Morgan fingerprint density at radius 2 is 1.96 bits per heavy atom. The van der Waals surface area contributed by atoms with Gasteiger partial charge in [0, 0.05) is 11.1 Å². The Balaban J connectivity index is 2.04. The largest absolute Gasteiger partial charge is 0.493 e. The number of benzene rings is 2. The predicted molar refractivity (Wildman–Crippen MR) is 102 cm³/mol. The summed E-state index contributed by atoms with van der Waals surface area (Å²) in [7, 11) is 3.09. The number of H-pyrrole nitrogens is 1. The lowest BCUT2D eigenvalue weighted by Crippen LogP contribution is -2.02. The molecule has 0 aliphatic heterocycles. The van der Waals surface area contributed by atoms with Gasteiger partial charge in [0.15, 0.2) is 17.3 Å². The summed E-state index contributed by atoms with van der Waals surface area (Å²) < 4.78 is 12.2. The van der Waals surface area contributed by atoms with Gasteiger partial charge in [0.1, 0.15) is 0 Å². The number of hydrogen-bond acceptors (Lipinski definition) is 6. The summed E-state index contributed by atoms with van der Waals surface area (Å²) in [6.07, 6.45) is 1.43. The van der Waals surface area contributed by atoms with E-state index in [0.717, 1.165) is 0 Å². The zero-order valence-electron chi connectivity index (χ0n) is 14.5. The van der Waals surface area contributed by atoms with Gasteiger partial charge in [0.2, 0.25) is 4.77 Å². The number of carboxylic acid groups (broad SMARTS) is 1. The van der Waals surface area contributed by atoms with E-state index in [2.05, 4.69) is 15.3 Å². The molecular formula is C18H16N4O4S. The lowest BCUT2D eigenvalue weighted by Gasteiger charge is -2.09. The predicted octanol–water partition coefficient (Wildman–Crippen LogP) is 3.21. The minimum absolute atomic E-state index is 0.143. The van der Waals surface area contributed by atoms with Gasteiger partial charge >= 0.3 is 5.97 Å². The molecule has 0 fully saturated rings. The van der Waals surface area contributed by atoms with Crippen LogP contribution in [0.3, 0.4) is 0 Å². The number of aromatic carboxylic acids is 1. The molecule has 27 heavy (non-hydrogen) atoms. The van der Waals surface area contributed by atoms with E-state index in [1.165, 1.54) is 17.0 Å². The third-order valence-electron chi connectivity index (χ3n) is 3.80. The first-order valence-electron chi connectivity index (χ1n) is 7.81. The molecule has 0 aliphatic carbocycles. The summed E-state index contributed by atoms with van der Waals surface area (Å²) in [4.78, 5) is 11.3. The van der Waals surface area contributed by atoms with Crippen molar-refractivity contribution in [2.75, 3.05) is 14.2 Å². The number of methoxy groups -OCH3 is 2. The molecule has 3 rings (SSSR count). The van der Waals surface area contributed by atoms with Gasteiger partial charge in [-0.05, 0) is 36.5 Å². The van der Waals surface area contributed by atoms with Gasteiger partial charge in [-0.1, -0.05) is 18.2 Å². The SMILES string of the molecule is COc1ccc(-c2n[nH]c(=S)n2/N=C\c2ccccc2C(=O)O)cc1OC. The summed E-state index contributed by atoms with van der Waals surface area (Å²) in [6, 6.07) is 11.8. The smallest absolute Gasteiger partial charge is 0.336 e. The molecular weight excluding hydrogens is 368 g/mol. The molecule has 1 aromatic heterocycles. The first-order chi connectivity index (χ1) is 13.0. The van der Waals surface area contributed by atoms with Gasteiger partial charge in [-0.3, -0.25) is 0 Å². The van der Waals surface area contributed by atoms with Crippen molar-refractivity contribution in [1.29, 1.82) is 0 Å². The summed E-state index contributed by atoms with van der Waals surface area (Å²) in [5.41, 5.74) is 1.29. The van der Waals surface area contributed by atoms with Crippen LogP contribution in [0.4, 0.5) is 0 Å². The zero-order chi connectivity index (χ0) is 19.4. The number of aromatic amines is 1. The molecule has 8 nitrogen and oxygen atoms in total. The molecule has 138 valence electrons. The van der Waals surface area contributed by atoms with E-state index in [-0.39, 0.29) is 10.3 Å². The molecule has 3 aromatic rings. The molecule has 0 unspecified atom stereocenters. The Kier molecular flexibility index (Phi) is 5.32. The highest BCUT2D eigenvalue weighted by Crippen LogP contribution is 2.31. The van der Waals surface area contributed by atoms with E-state index in [1.54, 1.807) is 50.6 Å². The van der Waals surface area contributed by atoms with Crippen molar-refractivity contribution in [2.45, 2.75) is 0 Å². The molecule has 0 amide bonds. The van der Waals surface area contributed by atoms with Crippen LogP contribution in [-0.4, -0.2) is 46.4 Å². The standard InChI is InChI=1S/C18H16N4O4S/c1-25-14-8-7-11(9-15(14)26-2)16-20-21-18(27)22(16)19-10-12-5-3-4-6-13(12)17(23)24/h3-10H,1-2H3,(H,21,27)(H,23,24)/b19-10-. The van der Waals surface area contributed by atoms with Gasteiger partial charge < -0.3 is 14.6 Å². The maximum absolute atomic E-state index is 11.3. The van der Waals surface area contributed by atoms with Crippen molar-refractivity contribution in [3.05, 3.63) is 58.4 Å². The number of carbonyl (C=O) groups is 1. The number of rotatable bonds is 6. The van der Waals surface area contributed by atoms with Crippen LogP contribution in [0.2, 0.25) is 0 Å². The van der Waals surface area contributed by atoms with Crippen LogP contribution in [0, 0.1) is 4.77 Å². The highest BCUT2D eigenvalue weighted by Gasteiger charge is 2.13. The molecule has 0 saturated heterocycles. The van der Waals surface area contributed by atoms with Gasteiger partial charge in [-0.25, -0.2) is 9.89 Å². The van der Waals surface area contributed by atoms with Crippen LogP contribution in [0.5, 0.6) is 11.5 Å². The molecule has 0 spiro atoms. The molecule has 0 aliphatic rings. The maximum Gasteiger partial charge on any atom is 0.336 e. The van der Waals surface area contributed by atoms with Gasteiger partial charge in [0.25, 0.3) is 0 Å². The monoisotopic (exact) mass is 384 g/mol. The summed E-state index contributed by atoms with van der Waals surface area (Å²) in [5.74, 6) is 0.537. The zero-order valence-corrected chi connectivity index (χ0v) is 15.4. The van der Waals surface area contributed by atoms with Crippen molar-refractivity contribution in [3.8, 4) is 22.9 Å². The highest BCUT2D eigenvalue weighted by molar-refractivity contribution is 7.71. The van der Waals surface area contributed by atoms with E-state index in [9.17, 15) is 9.90 Å². The summed E-state index contributed by atoms with van der Waals surface area (Å²) in [5, 5.41) is 20.5. The number of nitrogens with one attached hydrogen (secondary N) is 1.